The minimum Gasteiger partial charge on any atom is -0.380 e. The van der Waals surface area contributed by atoms with Gasteiger partial charge in [-0.1, -0.05) is 0 Å². The molecule has 0 bridgehead atoms. The Morgan fingerprint density at radius 3 is 2.73 bits per heavy atom. The molecule has 1 aromatic carbocycles. The van der Waals surface area contributed by atoms with Crippen molar-refractivity contribution in [3.8, 4) is 0 Å². The van der Waals surface area contributed by atoms with E-state index in [4.69, 9.17) is 5.73 Å². The van der Waals surface area contributed by atoms with Gasteiger partial charge in [-0.25, -0.2) is 0 Å². The number of fused-ring (bicyclic) bond motifs is 2. The fraction of sp³-hybridized carbons (Fsp3) is 0.333. The molecule has 0 radical (unpaired) electrons. The molecule has 0 spiro atoms. The first-order valence-corrected chi connectivity index (χ1v) is 9.89. The summed E-state index contributed by atoms with van der Waals surface area (Å²) in [6, 6.07) is 6.14. The lowest BCUT2D eigenvalue weighted by molar-refractivity contribution is -0.116. The summed E-state index contributed by atoms with van der Waals surface area (Å²) in [6.45, 7) is 1.90. The third-order valence-corrected chi connectivity index (χ3v) is 5.47. The van der Waals surface area contributed by atoms with Crippen LogP contribution in [0.15, 0.2) is 29.1 Å². The standard InChI is InChI=1S/C21H23N5O4/c1-10-7-18(27)24-16-6-5-11(8-17(16)23-10)20(29)25-14-3-2-4-15-12(14)9-13(19(22)28)21(30)26-15/h5-6,8-10,14,23H,2-4,7H2,1H3,(H2,22,28)(H,24,27)(H,25,29)(H,26,30). The largest absolute Gasteiger partial charge is 0.380 e. The highest BCUT2D eigenvalue weighted by atomic mass is 16.2. The normalized spacial score (nSPS) is 20.1. The fourth-order valence-electron chi connectivity index (χ4n) is 4.03. The van der Waals surface area contributed by atoms with E-state index in [-0.39, 0.29) is 29.5 Å². The van der Waals surface area contributed by atoms with Crippen LogP contribution >= 0.6 is 0 Å². The van der Waals surface area contributed by atoms with E-state index < -0.39 is 11.5 Å². The number of aromatic amines is 1. The Bertz CT molecular complexity index is 1110. The molecular weight excluding hydrogens is 386 g/mol. The molecule has 1 aliphatic carbocycles. The molecule has 3 amide bonds. The summed E-state index contributed by atoms with van der Waals surface area (Å²) in [5, 5.41) is 9.05. The monoisotopic (exact) mass is 409 g/mol. The summed E-state index contributed by atoms with van der Waals surface area (Å²) in [4.78, 5) is 51.1. The Morgan fingerprint density at radius 2 is 1.97 bits per heavy atom. The van der Waals surface area contributed by atoms with Gasteiger partial charge in [0.05, 0.1) is 17.4 Å². The molecule has 0 saturated heterocycles. The van der Waals surface area contributed by atoms with Gasteiger partial charge in [-0.3, -0.25) is 19.2 Å². The number of aryl methyl sites for hydroxylation is 1. The third kappa shape index (κ3) is 3.78. The molecule has 2 heterocycles. The number of pyridine rings is 1. The van der Waals surface area contributed by atoms with Crippen molar-refractivity contribution in [1.82, 2.24) is 10.3 Å². The number of carbonyl (C=O) groups is 3. The molecular formula is C21H23N5O4. The van der Waals surface area contributed by atoms with Crippen LogP contribution in [0.3, 0.4) is 0 Å². The summed E-state index contributed by atoms with van der Waals surface area (Å²) in [6.07, 6.45) is 2.48. The number of hydrogen-bond acceptors (Lipinski definition) is 5. The Hall–Kier alpha value is -3.62. The maximum atomic E-state index is 12.9. The highest BCUT2D eigenvalue weighted by molar-refractivity contribution is 6.00. The number of amides is 3. The van der Waals surface area contributed by atoms with Crippen LogP contribution in [0.1, 0.15) is 64.2 Å². The lowest BCUT2D eigenvalue weighted by Crippen LogP contribution is -2.34. The van der Waals surface area contributed by atoms with Crippen molar-refractivity contribution < 1.29 is 14.4 Å². The first kappa shape index (κ1) is 19.7. The van der Waals surface area contributed by atoms with Crippen LogP contribution in [0, 0.1) is 0 Å². The minimum atomic E-state index is -0.803. The molecule has 2 unspecified atom stereocenters. The molecule has 30 heavy (non-hydrogen) atoms. The highest BCUT2D eigenvalue weighted by Gasteiger charge is 2.26. The van der Waals surface area contributed by atoms with E-state index in [1.54, 1.807) is 18.2 Å². The van der Waals surface area contributed by atoms with Gasteiger partial charge in [0, 0.05) is 23.7 Å². The van der Waals surface area contributed by atoms with Gasteiger partial charge >= 0.3 is 0 Å². The van der Waals surface area contributed by atoms with Crippen molar-refractivity contribution in [3.63, 3.8) is 0 Å². The Kier molecular flexibility index (Phi) is 5.03. The van der Waals surface area contributed by atoms with Gasteiger partial charge in [-0.15, -0.1) is 0 Å². The smallest absolute Gasteiger partial charge is 0.261 e. The molecule has 0 saturated carbocycles. The number of hydrogen-bond donors (Lipinski definition) is 5. The van der Waals surface area contributed by atoms with Crippen LogP contribution in [0.5, 0.6) is 0 Å². The number of primary amides is 1. The zero-order valence-corrected chi connectivity index (χ0v) is 16.5. The lowest BCUT2D eigenvalue weighted by Gasteiger charge is -2.26. The molecule has 2 aliphatic rings. The van der Waals surface area contributed by atoms with Gasteiger partial charge in [-0.05, 0) is 56.0 Å². The Balaban J connectivity index is 1.60. The topological polar surface area (TPSA) is 146 Å². The minimum absolute atomic E-state index is 0.0566. The van der Waals surface area contributed by atoms with E-state index in [1.165, 1.54) is 6.07 Å². The number of benzene rings is 1. The third-order valence-electron chi connectivity index (χ3n) is 5.47. The second-order valence-electron chi connectivity index (χ2n) is 7.79. The average molecular weight is 409 g/mol. The SMILES string of the molecule is CC1CC(=O)Nc2ccc(C(=O)NC3CCCc4[nH]c(=O)c(C(N)=O)cc43)cc2N1. The summed E-state index contributed by atoms with van der Waals surface area (Å²) in [5.74, 6) is -1.17. The van der Waals surface area contributed by atoms with Crippen molar-refractivity contribution in [3.05, 3.63) is 57.0 Å². The number of rotatable bonds is 3. The van der Waals surface area contributed by atoms with E-state index >= 15 is 0 Å². The molecule has 0 fully saturated rings. The van der Waals surface area contributed by atoms with Gasteiger partial charge in [0.2, 0.25) is 5.91 Å². The molecule has 2 aromatic rings. The predicted molar refractivity (Wildman–Crippen MR) is 111 cm³/mol. The van der Waals surface area contributed by atoms with Crippen molar-refractivity contribution in [1.29, 1.82) is 0 Å². The van der Waals surface area contributed by atoms with E-state index in [0.29, 0.717) is 47.5 Å². The number of aromatic nitrogens is 1. The van der Waals surface area contributed by atoms with Crippen molar-refractivity contribution in [2.24, 2.45) is 5.73 Å². The molecule has 156 valence electrons. The first-order chi connectivity index (χ1) is 14.3. The van der Waals surface area contributed by atoms with E-state index in [1.807, 2.05) is 6.92 Å². The van der Waals surface area contributed by atoms with Crippen LogP contribution in [0.4, 0.5) is 11.4 Å². The number of carbonyl (C=O) groups excluding carboxylic acids is 3. The lowest BCUT2D eigenvalue weighted by atomic mass is 9.90. The second kappa shape index (κ2) is 7.66. The summed E-state index contributed by atoms with van der Waals surface area (Å²) in [7, 11) is 0. The van der Waals surface area contributed by atoms with Gasteiger partial charge in [0.25, 0.3) is 17.4 Å². The Labute approximate surface area is 172 Å². The number of anilines is 2. The number of H-pyrrole nitrogens is 1. The zero-order chi connectivity index (χ0) is 21.4. The van der Waals surface area contributed by atoms with Crippen LogP contribution in [-0.2, 0) is 11.2 Å². The number of nitrogens with one attached hydrogen (secondary N) is 4. The molecule has 1 aromatic heterocycles. The maximum absolute atomic E-state index is 12.9. The summed E-state index contributed by atoms with van der Waals surface area (Å²) >= 11 is 0. The van der Waals surface area contributed by atoms with Gasteiger partial charge in [0.15, 0.2) is 0 Å². The van der Waals surface area contributed by atoms with E-state index in [2.05, 4.69) is 20.9 Å². The predicted octanol–water partition coefficient (Wildman–Crippen LogP) is 1.42. The summed E-state index contributed by atoms with van der Waals surface area (Å²) < 4.78 is 0. The Morgan fingerprint density at radius 1 is 1.17 bits per heavy atom. The fourth-order valence-corrected chi connectivity index (χ4v) is 4.03. The molecule has 6 N–H and O–H groups in total. The van der Waals surface area contributed by atoms with Crippen molar-refractivity contribution >= 4 is 29.1 Å². The van der Waals surface area contributed by atoms with Crippen LogP contribution < -0.4 is 27.2 Å². The van der Waals surface area contributed by atoms with Gasteiger partial charge in [0.1, 0.15) is 5.56 Å². The van der Waals surface area contributed by atoms with Gasteiger partial charge in [-0.2, -0.15) is 0 Å². The highest BCUT2D eigenvalue weighted by Crippen LogP contribution is 2.30. The molecule has 1 aliphatic heterocycles. The molecule has 9 nitrogen and oxygen atoms in total. The van der Waals surface area contributed by atoms with Gasteiger partial charge < -0.3 is 26.7 Å². The van der Waals surface area contributed by atoms with Crippen molar-refractivity contribution in [2.45, 2.75) is 44.7 Å². The number of nitrogens with two attached hydrogens (primary N) is 1. The molecule has 4 rings (SSSR count). The van der Waals surface area contributed by atoms with E-state index in [0.717, 1.165) is 6.42 Å². The quantitative estimate of drug-likeness (QED) is 0.520. The van der Waals surface area contributed by atoms with E-state index in [9.17, 15) is 19.2 Å². The first-order valence-electron chi connectivity index (χ1n) is 9.89. The molecule has 2 atom stereocenters. The van der Waals surface area contributed by atoms with Crippen LogP contribution in [0.2, 0.25) is 0 Å². The second-order valence-corrected chi connectivity index (χ2v) is 7.79. The van der Waals surface area contributed by atoms with Crippen LogP contribution in [-0.4, -0.2) is 28.7 Å². The zero-order valence-electron chi connectivity index (χ0n) is 16.5. The maximum Gasteiger partial charge on any atom is 0.261 e. The molecule has 9 heteroatoms. The summed E-state index contributed by atoms with van der Waals surface area (Å²) in [5.41, 5.74) is 7.85. The van der Waals surface area contributed by atoms with Crippen molar-refractivity contribution in [2.75, 3.05) is 10.6 Å². The average Bonchev–Trinajstić information content (AvgIpc) is 2.82. The van der Waals surface area contributed by atoms with Crippen LogP contribution in [0.25, 0.3) is 0 Å².